The van der Waals surface area contributed by atoms with Gasteiger partial charge in [0.25, 0.3) is 5.69 Å². The van der Waals surface area contributed by atoms with Gasteiger partial charge in [-0.3, -0.25) is 10.1 Å². The molecule has 21 heavy (non-hydrogen) atoms. The van der Waals surface area contributed by atoms with Gasteiger partial charge in [0.05, 0.1) is 15.9 Å². The number of nitro groups is 1. The first-order chi connectivity index (χ1) is 9.83. The lowest BCUT2D eigenvalue weighted by atomic mass is 9.90. The fraction of sp³-hybridized carbons (Fsp3) is 0.500. The van der Waals surface area contributed by atoms with Crippen LogP contribution in [0.15, 0.2) is 23.1 Å². The second kappa shape index (κ2) is 5.96. The summed E-state index contributed by atoms with van der Waals surface area (Å²) in [5, 5.41) is 10.7. The van der Waals surface area contributed by atoms with Gasteiger partial charge in [0.15, 0.2) is 0 Å². The molecule has 1 aromatic carbocycles. The van der Waals surface area contributed by atoms with Gasteiger partial charge in [-0.15, -0.1) is 0 Å². The molecule has 0 aromatic heterocycles. The molecule has 0 amide bonds. The standard InChI is InChI=1S/C12H17N3O5S/c1-2-20-9-5-8(6-9)14-21(18,19)10-3-4-12(15(16)17)11(13)7-10/h3-4,7-9,14H,2,5-6,13H2,1H3. The number of hydrogen-bond acceptors (Lipinski definition) is 6. The fourth-order valence-electron chi connectivity index (χ4n) is 2.19. The first-order valence-electron chi connectivity index (χ1n) is 6.51. The lowest BCUT2D eigenvalue weighted by Gasteiger charge is -2.35. The number of nitro benzene ring substituents is 1. The van der Waals surface area contributed by atoms with Crippen molar-refractivity contribution >= 4 is 21.4 Å². The van der Waals surface area contributed by atoms with E-state index in [2.05, 4.69) is 4.72 Å². The van der Waals surface area contributed by atoms with Crippen molar-refractivity contribution in [1.29, 1.82) is 0 Å². The van der Waals surface area contributed by atoms with E-state index >= 15 is 0 Å². The zero-order valence-corrected chi connectivity index (χ0v) is 12.3. The first-order valence-corrected chi connectivity index (χ1v) is 7.99. The number of ether oxygens (including phenoxy) is 1. The Morgan fingerprint density at radius 3 is 2.67 bits per heavy atom. The van der Waals surface area contributed by atoms with Crippen molar-refractivity contribution in [3.8, 4) is 0 Å². The van der Waals surface area contributed by atoms with Crippen LogP contribution in [0.1, 0.15) is 19.8 Å². The number of nitrogens with one attached hydrogen (secondary N) is 1. The molecular formula is C12H17N3O5S. The molecule has 0 aliphatic heterocycles. The molecule has 9 heteroatoms. The van der Waals surface area contributed by atoms with Crippen molar-refractivity contribution in [1.82, 2.24) is 4.72 Å². The minimum absolute atomic E-state index is 0.0783. The van der Waals surface area contributed by atoms with Crippen LogP contribution in [0.5, 0.6) is 0 Å². The van der Waals surface area contributed by atoms with Crippen molar-refractivity contribution in [2.75, 3.05) is 12.3 Å². The van der Waals surface area contributed by atoms with Crippen molar-refractivity contribution in [2.45, 2.75) is 36.8 Å². The third-order valence-corrected chi connectivity index (χ3v) is 4.84. The van der Waals surface area contributed by atoms with Gasteiger partial charge in [0, 0.05) is 18.7 Å². The van der Waals surface area contributed by atoms with E-state index in [1.54, 1.807) is 0 Å². The highest BCUT2D eigenvalue weighted by atomic mass is 32.2. The molecule has 0 atom stereocenters. The molecule has 0 spiro atoms. The fourth-order valence-corrected chi connectivity index (χ4v) is 3.48. The zero-order valence-electron chi connectivity index (χ0n) is 11.5. The second-order valence-corrected chi connectivity index (χ2v) is 6.56. The number of sulfonamides is 1. The maximum atomic E-state index is 12.2. The molecule has 0 radical (unpaired) electrons. The molecule has 1 aliphatic rings. The summed E-state index contributed by atoms with van der Waals surface area (Å²) < 4.78 is 32.2. The van der Waals surface area contributed by atoms with E-state index in [-0.39, 0.29) is 28.4 Å². The third-order valence-electron chi connectivity index (χ3n) is 3.32. The molecule has 1 aliphatic carbocycles. The van der Waals surface area contributed by atoms with Crippen LogP contribution >= 0.6 is 0 Å². The predicted octanol–water partition coefficient (Wildman–Crippen LogP) is 1.02. The summed E-state index contributed by atoms with van der Waals surface area (Å²) in [6, 6.07) is 3.19. The highest BCUT2D eigenvalue weighted by Gasteiger charge is 2.33. The Labute approximate surface area is 122 Å². The van der Waals surface area contributed by atoms with E-state index in [9.17, 15) is 18.5 Å². The van der Waals surface area contributed by atoms with Crippen LogP contribution in [0.3, 0.4) is 0 Å². The van der Waals surface area contributed by atoms with Crippen LogP contribution in [0.25, 0.3) is 0 Å². The van der Waals surface area contributed by atoms with E-state index in [0.717, 1.165) is 12.1 Å². The molecule has 0 unspecified atom stereocenters. The average Bonchev–Trinajstić information content (AvgIpc) is 2.35. The van der Waals surface area contributed by atoms with Crippen molar-refractivity contribution in [3.63, 3.8) is 0 Å². The van der Waals surface area contributed by atoms with Crippen LogP contribution in [0, 0.1) is 10.1 Å². The molecule has 2 rings (SSSR count). The summed E-state index contributed by atoms with van der Waals surface area (Å²) in [5.41, 5.74) is 5.02. The van der Waals surface area contributed by atoms with E-state index in [1.165, 1.54) is 6.07 Å². The molecule has 3 N–H and O–H groups in total. The van der Waals surface area contributed by atoms with Crippen molar-refractivity contribution in [2.24, 2.45) is 0 Å². The molecule has 0 bridgehead atoms. The van der Waals surface area contributed by atoms with Crippen molar-refractivity contribution in [3.05, 3.63) is 28.3 Å². The SMILES string of the molecule is CCOC1CC(NS(=O)(=O)c2ccc([N+](=O)[O-])c(N)c2)C1. The predicted molar refractivity (Wildman–Crippen MR) is 76.3 cm³/mol. The van der Waals surface area contributed by atoms with Gasteiger partial charge in [-0.2, -0.15) is 0 Å². The van der Waals surface area contributed by atoms with Crippen LogP contribution in [-0.4, -0.2) is 32.1 Å². The molecular weight excluding hydrogens is 298 g/mol. The molecule has 0 saturated heterocycles. The minimum atomic E-state index is -3.73. The van der Waals surface area contributed by atoms with Crippen molar-refractivity contribution < 1.29 is 18.1 Å². The summed E-state index contributed by atoms with van der Waals surface area (Å²) in [7, 11) is -3.73. The van der Waals surface area contributed by atoms with Gasteiger partial charge in [0.2, 0.25) is 10.0 Å². The van der Waals surface area contributed by atoms with Gasteiger partial charge in [-0.05, 0) is 31.9 Å². The van der Waals surface area contributed by atoms with Gasteiger partial charge >= 0.3 is 0 Å². The summed E-state index contributed by atoms with van der Waals surface area (Å²) in [5.74, 6) is 0. The molecule has 8 nitrogen and oxygen atoms in total. The molecule has 1 aromatic rings. The van der Waals surface area contributed by atoms with Crippen LogP contribution in [-0.2, 0) is 14.8 Å². The van der Waals surface area contributed by atoms with Gasteiger partial charge in [-0.1, -0.05) is 0 Å². The van der Waals surface area contributed by atoms with Crippen LogP contribution in [0.4, 0.5) is 11.4 Å². The Bertz CT molecular complexity index is 640. The highest BCUT2D eigenvalue weighted by Crippen LogP contribution is 2.27. The van der Waals surface area contributed by atoms with Crippen LogP contribution in [0.2, 0.25) is 0 Å². The molecule has 1 fully saturated rings. The minimum Gasteiger partial charge on any atom is -0.393 e. The van der Waals surface area contributed by atoms with E-state index in [0.29, 0.717) is 19.4 Å². The number of hydrogen-bond donors (Lipinski definition) is 2. The van der Waals surface area contributed by atoms with Gasteiger partial charge in [0.1, 0.15) is 5.69 Å². The number of benzene rings is 1. The third kappa shape index (κ3) is 3.49. The maximum Gasteiger partial charge on any atom is 0.292 e. The normalized spacial score (nSPS) is 21.8. The van der Waals surface area contributed by atoms with E-state index < -0.39 is 14.9 Å². The zero-order chi connectivity index (χ0) is 15.6. The average molecular weight is 315 g/mol. The molecule has 0 heterocycles. The lowest BCUT2D eigenvalue weighted by Crippen LogP contribution is -2.47. The topological polar surface area (TPSA) is 125 Å². The lowest BCUT2D eigenvalue weighted by molar-refractivity contribution is -0.383. The van der Waals surface area contributed by atoms with E-state index in [1.807, 2.05) is 6.92 Å². The summed E-state index contributed by atoms with van der Waals surface area (Å²) in [6.07, 6.45) is 1.33. The number of nitrogen functional groups attached to an aromatic ring is 1. The Morgan fingerprint density at radius 1 is 1.48 bits per heavy atom. The number of nitrogens with two attached hydrogens (primary N) is 1. The quantitative estimate of drug-likeness (QED) is 0.459. The summed E-state index contributed by atoms with van der Waals surface area (Å²) >= 11 is 0. The van der Waals surface area contributed by atoms with Crippen LogP contribution < -0.4 is 10.5 Å². The Kier molecular flexibility index (Phi) is 4.45. The Balaban J connectivity index is 2.07. The van der Waals surface area contributed by atoms with Gasteiger partial charge in [-0.25, -0.2) is 13.1 Å². The molecule has 116 valence electrons. The van der Waals surface area contributed by atoms with Gasteiger partial charge < -0.3 is 10.5 Å². The smallest absolute Gasteiger partial charge is 0.292 e. The second-order valence-electron chi connectivity index (χ2n) is 4.84. The summed E-state index contributed by atoms with van der Waals surface area (Å²) in [4.78, 5) is 9.93. The number of anilines is 1. The first kappa shape index (κ1) is 15.7. The Hall–Kier alpha value is -1.71. The molecule has 1 saturated carbocycles. The Morgan fingerprint density at radius 2 is 2.14 bits per heavy atom. The monoisotopic (exact) mass is 315 g/mol. The largest absolute Gasteiger partial charge is 0.393 e. The highest BCUT2D eigenvalue weighted by molar-refractivity contribution is 7.89. The number of rotatable bonds is 6. The number of nitrogens with zero attached hydrogens (tertiary/aromatic N) is 1. The maximum absolute atomic E-state index is 12.2. The van der Waals surface area contributed by atoms with E-state index in [4.69, 9.17) is 10.5 Å². The summed E-state index contributed by atoms with van der Waals surface area (Å²) in [6.45, 7) is 2.49.